The molecule has 3 aromatic rings. The van der Waals surface area contributed by atoms with Crippen molar-refractivity contribution in [1.29, 1.82) is 5.41 Å². The summed E-state index contributed by atoms with van der Waals surface area (Å²) in [5.41, 5.74) is 15.1. The number of amidine groups is 1. The molecule has 5 heterocycles. The van der Waals surface area contributed by atoms with Gasteiger partial charge in [-0.05, 0) is 38.7 Å². The van der Waals surface area contributed by atoms with Crippen LogP contribution in [0.2, 0.25) is 0 Å². The molecule has 2 unspecified atom stereocenters. The van der Waals surface area contributed by atoms with E-state index in [1.807, 2.05) is 0 Å². The molecule has 2 fully saturated rings. The summed E-state index contributed by atoms with van der Waals surface area (Å²) in [5.74, 6) is -1.28. The van der Waals surface area contributed by atoms with Crippen molar-refractivity contribution in [3.05, 3.63) is 41.5 Å². The van der Waals surface area contributed by atoms with E-state index in [9.17, 15) is 14.4 Å². The number of carbonyl (C=O) groups is 3. The third-order valence-corrected chi connectivity index (χ3v) is 7.31. The first kappa shape index (κ1) is 25.0. The van der Waals surface area contributed by atoms with Gasteiger partial charge in [0.1, 0.15) is 17.9 Å². The highest BCUT2D eigenvalue weighted by Crippen LogP contribution is 2.44. The summed E-state index contributed by atoms with van der Waals surface area (Å²) >= 11 is 0. The highest BCUT2D eigenvalue weighted by atomic mass is 16.5. The maximum absolute atomic E-state index is 12.9. The molecule has 5 rings (SSSR count). The van der Waals surface area contributed by atoms with Crippen molar-refractivity contribution in [2.24, 2.45) is 10.7 Å². The number of rotatable bonds is 5. The number of aliphatic imine (C=N–C) groups is 1. The van der Waals surface area contributed by atoms with E-state index in [1.54, 1.807) is 23.2 Å². The van der Waals surface area contributed by atoms with Crippen LogP contribution >= 0.6 is 0 Å². The molecule has 38 heavy (non-hydrogen) atoms. The van der Waals surface area contributed by atoms with Crippen molar-refractivity contribution in [1.82, 2.24) is 24.5 Å². The van der Waals surface area contributed by atoms with E-state index in [4.69, 9.17) is 26.6 Å². The Bertz CT molecular complexity index is 1480. The second-order valence-corrected chi connectivity index (χ2v) is 9.44. The van der Waals surface area contributed by atoms with Crippen LogP contribution in [0.3, 0.4) is 0 Å². The summed E-state index contributed by atoms with van der Waals surface area (Å²) in [6, 6.07) is 3.09. The lowest BCUT2D eigenvalue weighted by Crippen LogP contribution is -2.50. The molecular weight excluding hydrogens is 490 g/mol. The molecule has 196 valence electrons. The normalized spacial score (nSPS) is 20.9. The Morgan fingerprint density at radius 3 is 2.47 bits per heavy atom. The first-order valence-corrected chi connectivity index (χ1v) is 12.1. The fraction of sp³-hybridized carbons (Fsp3) is 0.360. The van der Waals surface area contributed by atoms with Gasteiger partial charge in [-0.25, -0.2) is 19.8 Å². The highest BCUT2D eigenvalue weighted by Gasteiger charge is 2.45. The summed E-state index contributed by atoms with van der Waals surface area (Å²) in [5, 5.41) is 11.5. The number of esters is 1. The number of nitrogens with zero attached hydrogens (tertiary/aromatic N) is 6. The lowest BCUT2D eigenvalue weighted by molar-refractivity contribution is -0.128. The second kappa shape index (κ2) is 9.65. The van der Waals surface area contributed by atoms with Gasteiger partial charge < -0.3 is 21.1 Å². The third-order valence-electron chi connectivity index (χ3n) is 7.31. The lowest BCUT2D eigenvalue weighted by Gasteiger charge is -2.39. The number of hydrogen-bond donors (Lipinski definition) is 3. The van der Waals surface area contributed by atoms with Gasteiger partial charge in [0.15, 0.2) is 17.3 Å². The number of piperidine rings is 1. The molecule has 1 amide bonds. The Labute approximate surface area is 217 Å². The molecule has 2 atom stereocenters. The van der Waals surface area contributed by atoms with Crippen LogP contribution in [0.15, 0.2) is 29.5 Å². The number of nitrogens with one attached hydrogen (secondary N) is 1. The number of aromatic nitrogens is 4. The van der Waals surface area contributed by atoms with E-state index in [1.165, 1.54) is 24.7 Å². The number of hydrogen-bond acceptors (Lipinski definition) is 9. The zero-order valence-corrected chi connectivity index (χ0v) is 20.9. The number of pyridine rings is 1. The number of ketones is 1. The highest BCUT2D eigenvalue weighted by molar-refractivity contribution is 6.38. The molecule has 0 aromatic carbocycles. The number of ether oxygens (including phenoxy) is 1. The molecule has 2 saturated heterocycles. The SMILES string of the molecule is COC(=O)c1ccc(-c2cnn3c(N)c(C(C)=O)c(C4CC5CCC(C4)N5C(=O)C(N)=NC=N)nc23)cn1. The van der Waals surface area contributed by atoms with Crippen molar-refractivity contribution in [2.45, 2.75) is 50.6 Å². The second-order valence-electron chi connectivity index (χ2n) is 9.44. The molecule has 3 aromatic heterocycles. The van der Waals surface area contributed by atoms with Crippen molar-refractivity contribution < 1.29 is 19.1 Å². The zero-order valence-electron chi connectivity index (χ0n) is 20.9. The largest absolute Gasteiger partial charge is 0.464 e. The summed E-state index contributed by atoms with van der Waals surface area (Å²) < 4.78 is 6.15. The Morgan fingerprint density at radius 1 is 1.18 bits per heavy atom. The molecule has 2 aliphatic heterocycles. The first-order valence-electron chi connectivity index (χ1n) is 12.1. The van der Waals surface area contributed by atoms with Crippen LogP contribution in [-0.2, 0) is 9.53 Å². The van der Waals surface area contributed by atoms with Gasteiger partial charge in [-0.2, -0.15) is 9.61 Å². The molecule has 0 spiro atoms. The van der Waals surface area contributed by atoms with Crippen molar-refractivity contribution in [3.8, 4) is 11.1 Å². The number of amides is 1. The number of carbonyl (C=O) groups excluding carboxylic acids is 3. The van der Waals surface area contributed by atoms with E-state index >= 15 is 0 Å². The Morgan fingerprint density at radius 2 is 1.89 bits per heavy atom. The number of fused-ring (bicyclic) bond motifs is 3. The number of Topliss-reactive ketones (excluding diaryl/α,β-unsaturated/α-hetero) is 1. The number of methoxy groups -OCH3 is 1. The molecule has 5 N–H and O–H groups in total. The van der Waals surface area contributed by atoms with E-state index in [-0.39, 0.29) is 47.0 Å². The maximum Gasteiger partial charge on any atom is 0.356 e. The van der Waals surface area contributed by atoms with Gasteiger partial charge in [-0.3, -0.25) is 15.0 Å². The number of anilines is 1. The van der Waals surface area contributed by atoms with Crippen molar-refractivity contribution >= 4 is 41.3 Å². The van der Waals surface area contributed by atoms with Crippen LogP contribution in [0.4, 0.5) is 5.82 Å². The molecule has 2 bridgehead atoms. The predicted octanol–water partition coefficient (Wildman–Crippen LogP) is 1.56. The average Bonchev–Trinajstić information content (AvgIpc) is 3.45. The van der Waals surface area contributed by atoms with Crippen molar-refractivity contribution in [3.63, 3.8) is 0 Å². The van der Waals surface area contributed by atoms with Crippen molar-refractivity contribution in [2.75, 3.05) is 12.8 Å². The summed E-state index contributed by atoms with van der Waals surface area (Å²) in [7, 11) is 1.29. The molecule has 0 radical (unpaired) electrons. The van der Waals surface area contributed by atoms with Gasteiger partial charge in [-0.1, -0.05) is 6.07 Å². The monoisotopic (exact) mass is 517 g/mol. The number of nitrogen functional groups attached to an aromatic ring is 1. The van der Waals surface area contributed by atoms with E-state index in [0.29, 0.717) is 40.9 Å². The summed E-state index contributed by atoms with van der Waals surface area (Å²) in [4.78, 5) is 51.9. The maximum atomic E-state index is 12.9. The van der Waals surface area contributed by atoms with E-state index in [2.05, 4.69) is 15.1 Å². The summed E-state index contributed by atoms with van der Waals surface area (Å²) in [6.45, 7) is 1.45. The molecular formula is C25H27N9O4. The predicted molar refractivity (Wildman–Crippen MR) is 138 cm³/mol. The van der Waals surface area contributed by atoms with Crippen LogP contribution in [0.5, 0.6) is 0 Å². The van der Waals surface area contributed by atoms with Gasteiger partial charge >= 0.3 is 5.97 Å². The van der Waals surface area contributed by atoms with E-state index in [0.717, 1.165) is 19.2 Å². The molecule has 13 heteroatoms. The smallest absolute Gasteiger partial charge is 0.356 e. The Kier molecular flexibility index (Phi) is 6.35. The molecule has 13 nitrogen and oxygen atoms in total. The quantitative estimate of drug-likeness (QED) is 0.195. The van der Waals surface area contributed by atoms with Gasteiger partial charge in [0.25, 0.3) is 5.91 Å². The van der Waals surface area contributed by atoms with Gasteiger partial charge in [0.2, 0.25) is 0 Å². The zero-order chi connectivity index (χ0) is 27.1. The van der Waals surface area contributed by atoms with Crippen LogP contribution in [-0.4, -0.2) is 73.5 Å². The standard InChI is InChI=1S/C25H27N9O4/c1-12(35)19-20(14-7-15-4-5-16(8-14)33(15)24(36)21(27)30-11-26)32-23-17(10-31-34(23)22(19)28)13-3-6-18(29-9-13)25(37)38-2/h3,6,9-11,14-16H,4-5,7-8,28H2,1-2H3,(H3,26,27,30). The van der Waals surface area contributed by atoms with E-state index < -0.39 is 5.97 Å². The van der Waals surface area contributed by atoms with Crippen LogP contribution < -0.4 is 11.5 Å². The summed E-state index contributed by atoms with van der Waals surface area (Å²) in [6.07, 6.45) is 6.65. The lowest BCUT2D eigenvalue weighted by atomic mass is 9.85. The number of nitrogens with two attached hydrogens (primary N) is 2. The molecule has 0 saturated carbocycles. The minimum absolute atomic E-state index is 0.0933. The average molecular weight is 518 g/mol. The van der Waals surface area contributed by atoms with Gasteiger partial charge in [0, 0.05) is 35.3 Å². The fourth-order valence-corrected chi connectivity index (χ4v) is 5.66. The minimum Gasteiger partial charge on any atom is -0.464 e. The molecule has 2 aliphatic rings. The van der Waals surface area contributed by atoms with Gasteiger partial charge in [0.05, 0.1) is 24.6 Å². The molecule has 0 aliphatic carbocycles. The van der Waals surface area contributed by atoms with Crippen LogP contribution in [0, 0.1) is 5.41 Å². The van der Waals surface area contributed by atoms with Crippen LogP contribution in [0.25, 0.3) is 16.8 Å². The fourth-order valence-electron chi connectivity index (χ4n) is 5.66. The Hall–Kier alpha value is -4.68. The van der Waals surface area contributed by atoms with Crippen LogP contribution in [0.1, 0.15) is 65.1 Å². The minimum atomic E-state index is -0.544. The Balaban J connectivity index is 1.55. The topological polar surface area (TPSA) is 195 Å². The third kappa shape index (κ3) is 4.05. The first-order chi connectivity index (χ1) is 18.2. The van der Waals surface area contributed by atoms with Gasteiger partial charge in [-0.15, -0.1) is 0 Å².